The third-order valence-corrected chi connectivity index (χ3v) is 3.75. The Morgan fingerprint density at radius 3 is 2.56 bits per heavy atom. The topological polar surface area (TPSA) is 58.6 Å². The van der Waals surface area contributed by atoms with Crippen molar-refractivity contribution in [3.8, 4) is 0 Å². The van der Waals surface area contributed by atoms with Crippen LogP contribution in [0.5, 0.6) is 0 Å². The predicted molar refractivity (Wildman–Crippen MR) is 69.1 cm³/mol. The fourth-order valence-corrected chi connectivity index (χ4v) is 1.92. The van der Waals surface area contributed by atoms with E-state index in [1.807, 2.05) is 20.8 Å². The first-order chi connectivity index (χ1) is 8.24. The lowest BCUT2D eigenvalue weighted by Crippen LogP contribution is -2.65. The van der Waals surface area contributed by atoms with Crippen molar-refractivity contribution in [3.05, 3.63) is 0 Å². The first kappa shape index (κ1) is 15.0. The Morgan fingerprint density at radius 2 is 2.06 bits per heavy atom. The van der Waals surface area contributed by atoms with Crippen LogP contribution in [0.25, 0.3) is 0 Å². The zero-order valence-corrected chi connectivity index (χ0v) is 12.0. The highest BCUT2D eigenvalue weighted by molar-refractivity contribution is 5.97. The summed E-state index contributed by atoms with van der Waals surface area (Å²) in [4.78, 5) is 25.6. The molecule has 0 spiro atoms. The van der Waals surface area contributed by atoms with Crippen LogP contribution < -0.4 is 5.32 Å². The molecule has 1 aliphatic rings. The number of ether oxygens (including phenoxy) is 1. The fourth-order valence-electron chi connectivity index (χ4n) is 1.92. The summed E-state index contributed by atoms with van der Waals surface area (Å²) in [5.74, 6) is -0.0920. The van der Waals surface area contributed by atoms with Gasteiger partial charge in [-0.1, -0.05) is 6.92 Å². The third-order valence-electron chi connectivity index (χ3n) is 3.75. The zero-order valence-electron chi connectivity index (χ0n) is 12.0. The largest absolute Gasteiger partial charge is 0.379 e. The molecular weight excluding hydrogens is 232 g/mol. The number of rotatable bonds is 5. The van der Waals surface area contributed by atoms with Crippen LogP contribution in [0.4, 0.5) is 0 Å². The molecule has 1 aliphatic heterocycles. The number of amides is 2. The van der Waals surface area contributed by atoms with Crippen molar-refractivity contribution in [3.63, 3.8) is 0 Å². The summed E-state index contributed by atoms with van der Waals surface area (Å²) >= 11 is 0. The molecule has 104 valence electrons. The molecule has 1 heterocycles. The van der Waals surface area contributed by atoms with E-state index in [1.54, 1.807) is 18.9 Å². The number of hydrogen-bond acceptors (Lipinski definition) is 3. The molecule has 0 aromatic rings. The van der Waals surface area contributed by atoms with E-state index in [4.69, 9.17) is 4.74 Å². The molecule has 5 nitrogen and oxygen atoms in total. The SMILES string of the molecule is CCC1(C)NC(=O)CN(CCC(C)(C)OC)C1=O. The molecular formula is C13H24N2O3. The summed E-state index contributed by atoms with van der Waals surface area (Å²) in [6.07, 6.45) is 1.31. The van der Waals surface area contributed by atoms with Gasteiger partial charge in [0, 0.05) is 13.7 Å². The normalized spacial score (nSPS) is 25.3. The maximum absolute atomic E-state index is 12.3. The number of piperazine rings is 1. The van der Waals surface area contributed by atoms with E-state index in [2.05, 4.69) is 5.32 Å². The van der Waals surface area contributed by atoms with Crippen LogP contribution in [0.3, 0.4) is 0 Å². The third kappa shape index (κ3) is 3.22. The van der Waals surface area contributed by atoms with Gasteiger partial charge in [-0.05, 0) is 33.6 Å². The van der Waals surface area contributed by atoms with Gasteiger partial charge in [0.1, 0.15) is 5.54 Å². The molecule has 0 aliphatic carbocycles. The summed E-state index contributed by atoms with van der Waals surface area (Å²) in [7, 11) is 1.65. The number of hydrogen-bond donors (Lipinski definition) is 1. The van der Waals surface area contributed by atoms with Gasteiger partial charge in [-0.2, -0.15) is 0 Å². The molecule has 2 amide bonds. The molecule has 0 aromatic heterocycles. The fraction of sp³-hybridized carbons (Fsp3) is 0.846. The molecule has 1 rings (SSSR count). The van der Waals surface area contributed by atoms with Crippen LogP contribution in [0.1, 0.15) is 40.5 Å². The molecule has 5 heteroatoms. The molecule has 0 bridgehead atoms. The summed E-state index contributed by atoms with van der Waals surface area (Å²) in [6, 6.07) is 0. The Morgan fingerprint density at radius 1 is 1.44 bits per heavy atom. The van der Waals surface area contributed by atoms with Gasteiger partial charge in [-0.3, -0.25) is 9.59 Å². The monoisotopic (exact) mass is 256 g/mol. The number of carbonyl (C=O) groups is 2. The molecule has 1 N–H and O–H groups in total. The maximum atomic E-state index is 12.3. The second-order valence-corrected chi connectivity index (χ2v) is 5.67. The van der Waals surface area contributed by atoms with Crippen molar-refractivity contribution in [2.24, 2.45) is 0 Å². The van der Waals surface area contributed by atoms with Gasteiger partial charge < -0.3 is 15.0 Å². The van der Waals surface area contributed by atoms with Crippen LogP contribution in [-0.4, -0.2) is 48.1 Å². The number of nitrogens with zero attached hydrogens (tertiary/aromatic N) is 1. The maximum Gasteiger partial charge on any atom is 0.248 e. The van der Waals surface area contributed by atoms with Crippen molar-refractivity contribution in [1.82, 2.24) is 10.2 Å². The lowest BCUT2D eigenvalue weighted by Gasteiger charge is -2.40. The van der Waals surface area contributed by atoms with Crippen LogP contribution in [-0.2, 0) is 14.3 Å². The Labute approximate surface area is 109 Å². The molecule has 1 fully saturated rings. The average Bonchev–Trinajstić information content (AvgIpc) is 2.32. The minimum absolute atomic E-state index is 0.00324. The van der Waals surface area contributed by atoms with Gasteiger partial charge in [0.15, 0.2) is 0 Å². The number of methoxy groups -OCH3 is 1. The molecule has 1 atom stereocenters. The van der Waals surface area contributed by atoms with Crippen molar-refractivity contribution < 1.29 is 14.3 Å². The van der Waals surface area contributed by atoms with E-state index in [0.717, 1.165) is 0 Å². The summed E-state index contributed by atoms with van der Waals surface area (Å²) < 4.78 is 5.33. The lowest BCUT2D eigenvalue weighted by molar-refractivity contribution is -0.150. The van der Waals surface area contributed by atoms with Gasteiger partial charge >= 0.3 is 0 Å². The predicted octanol–water partition coefficient (Wildman–Crippen LogP) is 0.929. The Hall–Kier alpha value is -1.10. The first-order valence-corrected chi connectivity index (χ1v) is 6.39. The average molecular weight is 256 g/mol. The molecule has 0 saturated carbocycles. The van der Waals surface area contributed by atoms with Gasteiger partial charge in [-0.25, -0.2) is 0 Å². The molecule has 0 radical (unpaired) electrons. The molecule has 18 heavy (non-hydrogen) atoms. The van der Waals surface area contributed by atoms with E-state index >= 15 is 0 Å². The van der Waals surface area contributed by atoms with Crippen LogP contribution in [0.2, 0.25) is 0 Å². The van der Waals surface area contributed by atoms with Crippen molar-refractivity contribution in [2.45, 2.75) is 51.7 Å². The smallest absolute Gasteiger partial charge is 0.248 e. The Balaban J connectivity index is 2.71. The standard InChI is InChI=1S/C13H24N2O3/c1-6-13(4)11(17)15(9-10(16)14-13)8-7-12(2,3)18-5/h6-9H2,1-5H3,(H,14,16). The number of carbonyl (C=O) groups excluding carboxylic acids is 2. The van der Waals surface area contributed by atoms with Gasteiger partial charge in [0.05, 0.1) is 12.1 Å². The summed E-state index contributed by atoms with van der Waals surface area (Å²) in [5.41, 5.74) is -1.04. The van der Waals surface area contributed by atoms with E-state index in [9.17, 15) is 9.59 Å². The first-order valence-electron chi connectivity index (χ1n) is 6.39. The lowest BCUT2D eigenvalue weighted by atomic mass is 9.93. The van der Waals surface area contributed by atoms with E-state index < -0.39 is 5.54 Å². The van der Waals surface area contributed by atoms with Crippen LogP contribution >= 0.6 is 0 Å². The second-order valence-electron chi connectivity index (χ2n) is 5.67. The second kappa shape index (κ2) is 5.26. The number of nitrogens with one attached hydrogen (secondary N) is 1. The van der Waals surface area contributed by atoms with Gasteiger partial charge in [0.2, 0.25) is 11.8 Å². The highest BCUT2D eigenvalue weighted by Gasteiger charge is 2.41. The van der Waals surface area contributed by atoms with Gasteiger partial charge in [0.25, 0.3) is 0 Å². The minimum atomic E-state index is -0.757. The summed E-state index contributed by atoms with van der Waals surface area (Å²) in [6.45, 7) is 8.32. The molecule has 0 aromatic carbocycles. The van der Waals surface area contributed by atoms with Gasteiger partial charge in [-0.15, -0.1) is 0 Å². The Bertz CT molecular complexity index is 341. The quantitative estimate of drug-likeness (QED) is 0.796. The van der Waals surface area contributed by atoms with Crippen molar-refractivity contribution in [2.75, 3.05) is 20.2 Å². The molecule has 1 saturated heterocycles. The van der Waals surface area contributed by atoms with E-state index in [-0.39, 0.29) is 24.0 Å². The minimum Gasteiger partial charge on any atom is -0.379 e. The highest BCUT2D eigenvalue weighted by atomic mass is 16.5. The van der Waals surface area contributed by atoms with Crippen LogP contribution in [0.15, 0.2) is 0 Å². The Kier molecular flexibility index (Phi) is 4.37. The molecule has 1 unspecified atom stereocenters. The summed E-state index contributed by atoms with van der Waals surface area (Å²) in [5, 5.41) is 2.77. The van der Waals surface area contributed by atoms with Crippen molar-refractivity contribution >= 4 is 11.8 Å². The van der Waals surface area contributed by atoms with E-state index in [0.29, 0.717) is 19.4 Å². The highest BCUT2D eigenvalue weighted by Crippen LogP contribution is 2.20. The van der Waals surface area contributed by atoms with Crippen LogP contribution in [0, 0.1) is 0 Å². The van der Waals surface area contributed by atoms with E-state index in [1.165, 1.54) is 0 Å². The van der Waals surface area contributed by atoms with Crippen molar-refractivity contribution in [1.29, 1.82) is 0 Å². The zero-order chi connectivity index (χ0) is 14.0.